The fourth-order valence-electron chi connectivity index (χ4n) is 3.21. The lowest BCUT2D eigenvalue weighted by molar-refractivity contribution is 0.354. The zero-order valence-corrected chi connectivity index (χ0v) is 13.4. The standard InChI is InChI=1S/C16H19FN6O/c1-11-20-21-16(24-11)23-10-12(17)7-14(23)9-18-8-13-3-2-4-15-19-5-6-22(13)15/h2-6,12,14,18H,7-10H2,1H3/t12-,14-/m0/s1. The predicted octanol–water partition coefficient (Wildman–Crippen LogP) is 1.73. The first-order valence-electron chi connectivity index (χ1n) is 8.03. The van der Waals surface area contributed by atoms with Crippen LogP contribution in [0.2, 0.25) is 0 Å². The van der Waals surface area contributed by atoms with Crippen LogP contribution < -0.4 is 10.2 Å². The van der Waals surface area contributed by atoms with E-state index in [9.17, 15) is 4.39 Å². The van der Waals surface area contributed by atoms with Gasteiger partial charge in [0.1, 0.15) is 11.8 Å². The van der Waals surface area contributed by atoms with Crippen molar-refractivity contribution in [3.05, 3.63) is 42.2 Å². The van der Waals surface area contributed by atoms with E-state index in [4.69, 9.17) is 4.42 Å². The normalized spacial score (nSPS) is 21.0. The smallest absolute Gasteiger partial charge is 0.318 e. The van der Waals surface area contributed by atoms with Gasteiger partial charge in [0.05, 0.1) is 6.54 Å². The first-order chi connectivity index (χ1) is 11.7. The van der Waals surface area contributed by atoms with Crippen molar-refractivity contribution >= 4 is 11.7 Å². The molecule has 0 saturated carbocycles. The van der Waals surface area contributed by atoms with E-state index in [1.807, 2.05) is 33.7 Å². The molecule has 0 amide bonds. The van der Waals surface area contributed by atoms with E-state index < -0.39 is 6.17 Å². The highest BCUT2D eigenvalue weighted by Crippen LogP contribution is 2.25. The summed E-state index contributed by atoms with van der Waals surface area (Å²) in [5, 5.41) is 11.3. The van der Waals surface area contributed by atoms with E-state index in [0.717, 1.165) is 11.3 Å². The predicted molar refractivity (Wildman–Crippen MR) is 86.6 cm³/mol. The Morgan fingerprint density at radius 2 is 2.29 bits per heavy atom. The molecule has 1 fully saturated rings. The summed E-state index contributed by atoms with van der Waals surface area (Å²) in [6.45, 7) is 3.36. The third-order valence-corrected chi connectivity index (χ3v) is 4.32. The molecule has 1 N–H and O–H groups in total. The number of hydrogen-bond acceptors (Lipinski definition) is 6. The van der Waals surface area contributed by atoms with Crippen molar-refractivity contribution in [2.75, 3.05) is 18.0 Å². The highest BCUT2D eigenvalue weighted by atomic mass is 19.1. The van der Waals surface area contributed by atoms with E-state index in [1.54, 1.807) is 13.1 Å². The lowest BCUT2D eigenvalue weighted by Gasteiger charge is -2.22. The lowest BCUT2D eigenvalue weighted by Crippen LogP contribution is -2.38. The summed E-state index contributed by atoms with van der Waals surface area (Å²) >= 11 is 0. The summed E-state index contributed by atoms with van der Waals surface area (Å²) in [4.78, 5) is 6.14. The molecule has 0 unspecified atom stereocenters. The second kappa shape index (κ2) is 6.20. The average molecular weight is 330 g/mol. The SMILES string of the molecule is Cc1nnc(N2C[C@@H](F)C[C@H]2CNCc2cccc3nccn23)o1. The maximum absolute atomic E-state index is 13.9. The van der Waals surface area contributed by atoms with Crippen LogP contribution in [0.5, 0.6) is 0 Å². The molecule has 4 rings (SSSR count). The number of aromatic nitrogens is 4. The van der Waals surface area contributed by atoms with E-state index in [-0.39, 0.29) is 6.04 Å². The van der Waals surface area contributed by atoms with Gasteiger partial charge in [-0.05, 0) is 12.1 Å². The Labute approximate surface area is 138 Å². The minimum Gasteiger partial charge on any atom is -0.408 e. The number of aryl methyl sites for hydroxylation is 1. The summed E-state index contributed by atoms with van der Waals surface area (Å²) in [7, 11) is 0. The second-order valence-electron chi connectivity index (χ2n) is 6.05. The summed E-state index contributed by atoms with van der Waals surface area (Å²) in [6, 6.07) is 6.40. The van der Waals surface area contributed by atoms with Gasteiger partial charge in [-0.3, -0.25) is 0 Å². The Kier molecular flexibility index (Phi) is 3.89. The van der Waals surface area contributed by atoms with Crippen LogP contribution in [0.1, 0.15) is 18.0 Å². The van der Waals surface area contributed by atoms with Crippen LogP contribution in [0.15, 0.2) is 35.0 Å². The molecule has 126 valence electrons. The summed E-state index contributed by atoms with van der Waals surface area (Å²) in [5.74, 6) is 0.491. The van der Waals surface area contributed by atoms with Gasteiger partial charge in [-0.1, -0.05) is 11.2 Å². The van der Waals surface area contributed by atoms with Crippen molar-refractivity contribution in [3.63, 3.8) is 0 Å². The van der Waals surface area contributed by atoms with E-state index in [0.29, 0.717) is 38.0 Å². The molecule has 0 aliphatic carbocycles. The van der Waals surface area contributed by atoms with Gasteiger partial charge in [-0.25, -0.2) is 9.37 Å². The number of alkyl halides is 1. The van der Waals surface area contributed by atoms with Crippen molar-refractivity contribution in [2.45, 2.75) is 32.1 Å². The summed E-state index contributed by atoms with van der Waals surface area (Å²) < 4.78 is 21.4. The Hall–Kier alpha value is -2.48. The summed E-state index contributed by atoms with van der Waals surface area (Å²) in [6.07, 6.45) is 3.31. The number of nitrogens with one attached hydrogen (secondary N) is 1. The molecule has 4 heterocycles. The molecular formula is C16H19FN6O. The van der Waals surface area contributed by atoms with Crippen molar-refractivity contribution < 1.29 is 8.81 Å². The quantitative estimate of drug-likeness (QED) is 0.768. The maximum atomic E-state index is 13.9. The molecule has 0 bridgehead atoms. The minimum absolute atomic E-state index is 0.00170. The average Bonchev–Trinajstić information content (AvgIpc) is 3.27. The van der Waals surface area contributed by atoms with E-state index in [1.165, 1.54) is 0 Å². The van der Waals surface area contributed by atoms with Crippen LogP contribution in [-0.4, -0.2) is 44.9 Å². The first kappa shape index (κ1) is 15.1. The third kappa shape index (κ3) is 2.84. The Bertz CT molecular complexity index is 831. The molecule has 7 nitrogen and oxygen atoms in total. The number of rotatable bonds is 5. The molecule has 0 spiro atoms. The molecule has 0 aromatic carbocycles. The van der Waals surface area contributed by atoms with Gasteiger partial charge in [0.2, 0.25) is 5.89 Å². The molecule has 1 aliphatic rings. The molecule has 24 heavy (non-hydrogen) atoms. The van der Waals surface area contributed by atoms with Crippen molar-refractivity contribution in [2.24, 2.45) is 0 Å². The number of halogens is 1. The molecule has 1 aliphatic heterocycles. The van der Waals surface area contributed by atoms with Crippen molar-refractivity contribution in [1.29, 1.82) is 0 Å². The van der Waals surface area contributed by atoms with Gasteiger partial charge in [-0.2, -0.15) is 0 Å². The van der Waals surface area contributed by atoms with Crippen LogP contribution in [-0.2, 0) is 6.54 Å². The van der Waals surface area contributed by atoms with Crippen molar-refractivity contribution in [3.8, 4) is 0 Å². The van der Waals surface area contributed by atoms with Crippen molar-refractivity contribution in [1.82, 2.24) is 24.9 Å². The fourth-order valence-corrected chi connectivity index (χ4v) is 3.21. The Balaban J connectivity index is 1.42. The van der Waals surface area contributed by atoms with Gasteiger partial charge in [-0.15, -0.1) is 5.10 Å². The largest absolute Gasteiger partial charge is 0.408 e. The topological polar surface area (TPSA) is 71.5 Å². The van der Waals surface area contributed by atoms with Gasteiger partial charge in [0, 0.05) is 50.6 Å². The Morgan fingerprint density at radius 3 is 3.12 bits per heavy atom. The molecule has 8 heteroatoms. The fraction of sp³-hybridized carbons (Fsp3) is 0.438. The molecule has 3 aromatic heterocycles. The minimum atomic E-state index is -0.874. The second-order valence-corrected chi connectivity index (χ2v) is 6.05. The lowest BCUT2D eigenvalue weighted by atomic mass is 10.2. The van der Waals surface area contributed by atoms with Gasteiger partial charge < -0.3 is 19.0 Å². The number of hydrogen-bond donors (Lipinski definition) is 1. The third-order valence-electron chi connectivity index (χ3n) is 4.32. The van der Waals surface area contributed by atoms with E-state index >= 15 is 0 Å². The number of imidazole rings is 1. The monoisotopic (exact) mass is 330 g/mol. The number of pyridine rings is 1. The highest BCUT2D eigenvalue weighted by Gasteiger charge is 2.34. The molecule has 1 saturated heterocycles. The number of fused-ring (bicyclic) bond motifs is 1. The molecular weight excluding hydrogens is 311 g/mol. The Morgan fingerprint density at radius 1 is 1.38 bits per heavy atom. The van der Waals surface area contributed by atoms with Gasteiger partial charge >= 0.3 is 6.01 Å². The zero-order valence-electron chi connectivity index (χ0n) is 13.4. The first-order valence-corrected chi connectivity index (χ1v) is 8.03. The zero-order chi connectivity index (χ0) is 16.5. The maximum Gasteiger partial charge on any atom is 0.318 e. The number of nitrogens with zero attached hydrogens (tertiary/aromatic N) is 5. The van der Waals surface area contributed by atoms with E-state index in [2.05, 4.69) is 20.5 Å². The van der Waals surface area contributed by atoms with Crippen LogP contribution >= 0.6 is 0 Å². The number of anilines is 1. The highest BCUT2D eigenvalue weighted by molar-refractivity contribution is 5.39. The van der Waals surface area contributed by atoms with Crippen LogP contribution in [0.4, 0.5) is 10.4 Å². The van der Waals surface area contributed by atoms with Crippen LogP contribution in [0, 0.1) is 6.92 Å². The van der Waals surface area contributed by atoms with Crippen LogP contribution in [0.3, 0.4) is 0 Å². The molecule has 3 aromatic rings. The molecule has 2 atom stereocenters. The van der Waals surface area contributed by atoms with Crippen LogP contribution in [0.25, 0.3) is 5.65 Å². The van der Waals surface area contributed by atoms with Gasteiger partial charge in [0.25, 0.3) is 0 Å². The summed E-state index contributed by atoms with van der Waals surface area (Å²) in [5.41, 5.74) is 2.03. The molecule has 0 radical (unpaired) electrons. The van der Waals surface area contributed by atoms with Gasteiger partial charge in [0.15, 0.2) is 0 Å².